The molecule has 28 nitrogen and oxygen atoms in total. The predicted octanol–water partition coefficient (Wildman–Crippen LogP) is -11.4. The maximum Gasteiger partial charge on any atom is 0.187 e. The van der Waals surface area contributed by atoms with Crippen LogP contribution in [0.25, 0.3) is 0 Å². The van der Waals surface area contributed by atoms with Crippen LogP contribution in [0.1, 0.15) is 20.8 Å². The topological polar surface area (TPSA) is 456 Å². The third-order valence-corrected chi connectivity index (χ3v) is 12.0. The lowest BCUT2D eigenvalue weighted by Gasteiger charge is -2.49. The molecular formula is C36H64O28. The molecule has 5 fully saturated rings. The molecule has 5 aliphatic heterocycles. The van der Waals surface area contributed by atoms with Gasteiger partial charge in [-0.1, -0.05) is 0 Å². The fraction of sp³-hybridized carbons (Fsp3) is 1.00. The molecule has 0 aliphatic carbocycles. The highest BCUT2D eigenvalue weighted by molar-refractivity contribution is 4.98. The van der Waals surface area contributed by atoms with Crippen LogP contribution < -0.4 is 0 Å². The summed E-state index contributed by atoms with van der Waals surface area (Å²) in [5, 5.41) is 189. The van der Waals surface area contributed by atoms with Crippen molar-refractivity contribution in [3.05, 3.63) is 0 Å². The molecule has 0 aromatic rings. The minimum atomic E-state index is -2.22. The second-order valence-corrected chi connectivity index (χ2v) is 16.5. The summed E-state index contributed by atoms with van der Waals surface area (Å²) in [6.07, 6.45) is -51.5. The van der Waals surface area contributed by atoms with Gasteiger partial charge in [-0.25, -0.2) is 0 Å². The van der Waals surface area contributed by atoms with Crippen molar-refractivity contribution < 1.29 is 139 Å². The van der Waals surface area contributed by atoms with Gasteiger partial charge in [0.15, 0.2) is 31.5 Å². The Morgan fingerprint density at radius 1 is 0.406 bits per heavy atom. The van der Waals surface area contributed by atoms with Gasteiger partial charge in [0.2, 0.25) is 0 Å². The van der Waals surface area contributed by atoms with Crippen LogP contribution in [0.5, 0.6) is 0 Å². The molecule has 0 radical (unpaired) electrons. The minimum absolute atomic E-state index is 0.792. The SMILES string of the molecule is C[C@@H]1O[C@@H](O[C@H]2[C@H](O[C@@H]3[C@@H](O)[C@H](C)O[C@@H](O[C@@H]4[C@H](O)[C@@H](O[C@H](CO)[C@@H](O)[C@H](O)[C@H](O)CO[C@@H]5O[C@H](CO)[C@H](O)[C@H](O)[C@H]5O)O[C@H](CO)[C@H]4O)[C@@H]3O)O[C@@H](C)[C@H](O)[C@H]2O)[C@H](O)[C@H](O)[C@H]1O. The van der Waals surface area contributed by atoms with Crippen LogP contribution in [0.3, 0.4) is 0 Å². The standard InChI is InChI=1S/C36H64O28/c1-8-15(41)22(48)26(52)33(56-8)64-31-24(50)16(42)9(2)58-36(31)63-29-17(43)10(3)57-34(27(29)53)62-30-21(47)14(6-39)61-35(28(30)54)60-12(4-37)19(45)18(44)11(40)7-55-32-25(51)23(49)20(46)13(5-38)59-32/h8-54H,4-7H2,1-3H3/t8-,9-,10-,11+,12+,13+,14+,15-,16-,17-,18+,19+,20-,21+,22+,23-,24+,25+,26+,27+,28-,29+,30-,31+,32+,33-,34-,35-,36-/m0/s1. The Kier molecular flexibility index (Phi) is 19.3. The number of hydrogen-bond acceptors (Lipinski definition) is 28. The zero-order valence-corrected chi connectivity index (χ0v) is 34.7. The van der Waals surface area contributed by atoms with E-state index in [9.17, 15) is 91.9 Å². The van der Waals surface area contributed by atoms with Gasteiger partial charge in [0.25, 0.3) is 0 Å². The van der Waals surface area contributed by atoms with E-state index in [0.717, 1.165) is 0 Å². The van der Waals surface area contributed by atoms with Gasteiger partial charge in [-0.05, 0) is 20.8 Å². The first-order valence-corrected chi connectivity index (χ1v) is 20.6. The Labute approximate surface area is 364 Å². The van der Waals surface area contributed by atoms with Gasteiger partial charge in [0.05, 0.1) is 44.7 Å². The van der Waals surface area contributed by atoms with Crippen molar-refractivity contribution in [2.24, 2.45) is 0 Å². The molecule has 5 aliphatic rings. The molecule has 0 aromatic carbocycles. The highest BCUT2D eigenvalue weighted by atomic mass is 16.8. The van der Waals surface area contributed by atoms with E-state index in [1.54, 1.807) is 0 Å². The van der Waals surface area contributed by atoms with Crippen LogP contribution in [-0.4, -0.2) is 296 Å². The Morgan fingerprint density at radius 3 is 1.44 bits per heavy atom. The lowest BCUT2D eigenvalue weighted by Crippen LogP contribution is -2.67. The van der Waals surface area contributed by atoms with E-state index >= 15 is 0 Å². The number of rotatable bonds is 17. The predicted molar refractivity (Wildman–Crippen MR) is 197 cm³/mol. The molecule has 0 unspecified atom stereocenters. The molecule has 29 atom stereocenters. The average molecular weight is 945 g/mol. The van der Waals surface area contributed by atoms with Crippen LogP contribution in [-0.2, 0) is 47.4 Å². The van der Waals surface area contributed by atoms with Crippen molar-refractivity contribution in [3.63, 3.8) is 0 Å². The largest absolute Gasteiger partial charge is 0.394 e. The molecule has 28 heteroatoms. The maximum absolute atomic E-state index is 11.5. The zero-order valence-electron chi connectivity index (χ0n) is 34.7. The first kappa shape index (κ1) is 53.8. The first-order valence-electron chi connectivity index (χ1n) is 20.6. The Balaban J connectivity index is 1.26. The van der Waals surface area contributed by atoms with Crippen LogP contribution in [0.2, 0.25) is 0 Å². The monoisotopic (exact) mass is 944 g/mol. The first-order chi connectivity index (χ1) is 30.1. The summed E-state index contributed by atoms with van der Waals surface area (Å²) in [5.74, 6) is 0. The van der Waals surface area contributed by atoms with Gasteiger partial charge >= 0.3 is 0 Å². The molecule has 0 saturated carbocycles. The summed E-state index contributed by atoms with van der Waals surface area (Å²) in [4.78, 5) is 0. The highest BCUT2D eigenvalue weighted by Gasteiger charge is 2.55. The summed E-state index contributed by atoms with van der Waals surface area (Å²) >= 11 is 0. The van der Waals surface area contributed by atoms with Gasteiger partial charge in [-0.2, -0.15) is 0 Å². The number of aliphatic hydroxyl groups excluding tert-OH is 18. The van der Waals surface area contributed by atoms with Crippen molar-refractivity contribution in [1.82, 2.24) is 0 Å². The van der Waals surface area contributed by atoms with E-state index in [0.29, 0.717) is 0 Å². The normalized spacial score (nSPS) is 50.1. The number of hydrogen-bond donors (Lipinski definition) is 18. The van der Waals surface area contributed by atoms with Crippen molar-refractivity contribution in [3.8, 4) is 0 Å². The van der Waals surface area contributed by atoms with E-state index in [1.165, 1.54) is 20.8 Å². The zero-order chi connectivity index (χ0) is 47.6. The molecule has 0 spiro atoms. The van der Waals surface area contributed by atoms with Crippen LogP contribution in [0.15, 0.2) is 0 Å². The lowest BCUT2D eigenvalue weighted by atomic mass is 9.96. The van der Waals surface area contributed by atoms with Gasteiger partial charge < -0.3 is 139 Å². The van der Waals surface area contributed by atoms with E-state index in [-0.39, 0.29) is 0 Å². The van der Waals surface area contributed by atoms with Crippen molar-refractivity contribution in [2.45, 2.75) is 199 Å². The summed E-state index contributed by atoms with van der Waals surface area (Å²) in [5.41, 5.74) is 0. The summed E-state index contributed by atoms with van der Waals surface area (Å²) in [6.45, 7) is 0.209. The van der Waals surface area contributed by atoms with E-state index < -0.39 is 204 Å². The van der Waals surface area contributed by atoms with Gasteiger partial charge in [0.1, 0.15) is 128 Å². The van der Waals surface area contributed by atoms with Crippen LogP contribution in [0.4, 0.5) is 0 Å². The number of ether oxygens (including phenoxy) is 10. The molecule has 64 heavy (non-hydrogen) atoms. The maximum atomic E-state index is 11.5. The number of aliphatic hydroxyl groups is 18. The van der Waals surface area contributed by atoms with E-state index in [2.05, 4.69) is 0 Å². The molecule has 0 aromatic heterocycles. The molecule has 0 amide bonds. The Hall–Kier alpha value is -1.12. The summed E-state index contributed by atoms with van der Waals surface area (Å²) in [6, 6.07) is 0. The van der Waals surface area contributed by atoms with Crippen LogP contribution >= 0.6 is 0 Å². The third-order valence-electron chi connectivity index (χ3n) is 12.0. The van der Waals surface area contributed by atoms with Crippen molar-refractivity contribution in [2.75, 3.05) is 26.4 Å². The van der Waals surface area contributed by atoms with Gasteiger partial charge in [0, 0.05) is 0 Å². The quantitative estimate of drug-likeness (QED) is 0.0644. The summed E-state index contributed by atoms with van der Waals surface area (Å²) < 4.78 is 55.6. The molecule has 5 rings (SSSR count). The van der Waals surface area contributed by atoms with Crippen LogP contribution in [0, 0.1) is 0 Å². The Morgan fingerprint density at radius 2 is 0.844 bits per heavy atom. The van der Waals surface area contributed by atoms with Gasteiger partial charge in [-0.15, -0.1) is 0 Å². The third kappa shape index (κ3) is 11.5. The smallest absolute Gasteiger partial charge is 0.187 e. The Bertz CT molecular complexity index is 1410. The fourth-order valence-corrected chi connectivity index (χ4v) is 7.79. The molecule has 18 N–H and O–H groups in total. The average Bonchev–Trinajstić information content (AvgIpc) is 3.27. The van der Waals surface area contributed by atoms with E-state index in [4.69, 9.17) is 47.4 Å². The molecule has 5 saturated heterocycles. The highest BCUT2D eigenvalue weighted by Crippen LogP contribution is 2.35. The molecule has 0 bridgehead atoms. The second kappa shape index (κ2) is 23.0. The van der Waals surface area contributed by atoms with Gasteiger partial charge in [-0.3, -0.25) is 0 Å². The van der Waals surface area contributed by atoms with Crippen molar-refractivity contribution in [1.29, 1.82) is 0 Å². The van der Waals surface area contributed by atoms with Crippen molar-refractivity contribution >= 4 is 0 Å². The molecular weight excluding hydrogens is 880 g/mol. The second-order valence-electron chi connectivity index (χ2n) is 16.5. The fourth-order valence-electron chi connectivity index (χ4n) is 7.79. The summed E-state index contributed by atoms with van der Waals surface area (Å²) in [7, 11) is 0. The van der Waals surface area contributed by atoms with E-state index in [1.807, 2.05) is 0 Å². The minimum Gasteiger partial charge on any atom is -0.394 e. The lowest BCUT2D eigenvalue weighted by molar-refractivity contribution is -0.393. The molecule has 376 valence electrons. The molecule has 5 heterocycles.